The van der Waals surface area contributed by atoms with Crippen molar-refractivity contribution in [3.63, 3.8) is 0 Å². The van der Waals surface area contributed by atoms with Gasteiger partial charge in [-0.2, -0.15) is 15.0 Å². The van der Waals surface area contributed by atoms with Gasteiger partial charge >= 0.3 is 6.01 Å². The normalized spacial score (nSPS) is 17.3. The number of nitrogens with one attached hydrogen (secondary N) is 1. The van der Waals surface area contributed by atoms with Crippen molar-refractivity contribution in [2.75, 3.05) is 30.9 Å². The van der Waals surface area contributed by atoms with E-state index in [2.05, 4.69) is 50.3 Å². The fraction of sp³-hybridized carbons (Fsp3) is 0.400. The van der Waals surface area contributed by atoms with Gasteiger partial charge in [0.1, 0.15) is 0 Å². The summed E-state index contributed by atoms with van der Waals surface area (Å²) in [5, 5.41) is 2.95. The molecular formula is C15H19N5O. The third-order valence-corrected chi connectivity index (χ3v) is 3.60. The van der Waals surface area contributed by atoms with Gasteiger partial charge in [0, 0.05) is 19.3 Å². The fourth-order valence-electron chi connectivity index (χ4n) is 2.66. The first-order valence-electron chi connectivity index (χ1n) is 7.04. The number of hydrogen-bond acceptors (Lipinski definition) is 6. The smallest absolute Gasteiger partial charge is 0.322 e. The minimum atomic E-state index is 0.319. The van der Waals surface area contributed by atoms with Gasteiger partial charge in [0.2, 0.25) is 11.9 Å². The average Bonchev–Trinajstić information content (AvgIpc) is 2.53. The lowest BCUT2D eigenvalue weighted by molar-refractivity contribution is 0.378. The molecule has 0 amide bonds. The quantitative estimate of drug-likeness (QED) is 0.933. The maximum Gasteiger partial charge on any atom is 0.322 e. The molecule has 1 unspecified atom stereocenters. The van der Waals surface area contributed by atoms with Gasteiger partial charge in [-0.25, -0.2) is 0 Å². The Bertz CT molecular complexity index is 623. The Balaban J connectivity index is 2.08. The van der Waals surface area contributed by atoms with Gasteiger partial charge in [-0.05, 0) is 24.0 Å². The van der Waals surface area contributed by atoms with Crippen molar-refractivity contribution in [1.29, 1.82) is 0 Å². The van der Waals surface area contributed by atoms with E-state index in [9.17, 15) is 0 Å². The van der Waals surface area contributed by atoms with Gasteiger partial charge in [0.05, 0.1) is 7.11 Å². The number of nitrogens with zero attached hydrogens (tertiary/aromatic N) is 4. The van der Waals surface area contributed by atoms with Gasteiger partial charge in [0.25, 0.3) is 0 Å². The number of anilines is 3. The minimum absolute atomic E-state index is 0.319. The molecule has 1 aromatic carbocycles. The molecule has 0 saturated heterocycles. The summed E-state index contributed by atoms with van der Waals surface area (Å²) < 4.78 is 5.17. The number of ether oxygens (including phenoxy) is 1. The number of benzene rings is 1. The second-order valence-electron chi connectivity index (χ2n) is 5.24. The maximum atomic E-state index is 5.17. The van der Waals surface area contributed by atoms with Crippen molar-refractivity contribution >= 4 is 17.6 Å². The highest BCUT2D eigenvalue weighted by atomic mass is 16.5. The Morgan fingerprint density at radius 3 is 2.81 bits per heavy atom. The van der Waals surface area contributed by atoms with Crippen molar-refractivity contribution in [2.45, 2.75) is 13.3 Å². The number of rotatable bonds is 3. The van der Waals surface area contributed by atoms with Crippen molar-refractivity contribution in [3.8, 4) is 6.01 Å². The Labute approximate surface area is 124 Å². The molecule has 1 atom stereocenters. The van der Waals surface area contributed by atoms with Gasteiger partial charge in [0.15, 0.2) is 0 Å². The molecule has 2 aromatic rings. The molecule has 0 radical (unpaired) electrons. The van der Waals surface area contributed by atoms with Gasteiger partial charge in [-0.3, -0.25) is 0 Å². The summed E-state index contributed by atoms with van der Waals surface area (Å²) in [5.74, 6) is 1.67. The van der Waals surface area contributed by atoms with E-state index < -0.39 is 0 Å². The fourth-order valence-corrected chi connectivity index (χ4v) is 2.66. The van der Waals surface area contributed by atoms with Crippen LogP contribution in [0.1, 0.15) is 12.5 Å². The average molecular weight is 285 g/mol. The first kappa shape index (κ1) is 13.6. The highest BCUT2D eigenvalue weighted by Crippen LogP contribution is 2.34. The summed E-state index contributed by atoms with van der Waals surface area (Å²) in [6.07, 6.45) is 1.08. The number of para-hydroxylation sites is 1. The standard InChI is InChI=1S/C15H19N5O/c1-10-8-11-6-4-5-7-12(11)20(9-10)14-17-13(16-2)18-15(19-14)21-3/h4-7,10H,8-9H2,1-3H3,(H,16,17,18,19). The lowest BCUT2D eigenvalue weighted by Gasteiger charge is -2.33. The Morgan fingerprint density at radius 1 is 1.24 bits per heavy atom. The molecule has 1 aromatic heterocycles. The zero-order valence-corrected chi connectivity index (χ0v) is 12.5. The third-order valence-electron chi connectivity index (χ3n) is 3.60. The van der Waals surface area contributed by atoms with Crippen LogP contribution in [0.5, 0.6) is 6.01 Å². The van der Waals surface area contributed by atoms with Crippen LogP contribution in [0.25, 0.3) is 0 Å². The van der Waals surface area contributed by atoms with E-state index in [0.29, 0.717) is 23.8 Å². The van der Waals surface area contributed by atoms with E-state index in [0.717, 1.165) is 18.7 Å². The zero-order valence-electron chi connectivity index (χ0n) is 12.5. The molecule has 6 nitrogen and oxygen atoms in total. The van der Waals surface area contributed by atoms with Crippen LogP contribution in [0, 0.1) is 5.92 Å². The van der Waals surface area contributed by atoms with Crippen LogP contribution in [-0.4, -0.2) is 35.7 Å². The molecule has 3 rings (SSSR count). The molecule has 6 heteroatoms. The van der Waals surface area contributed by atoms with Crippen molar-refractivity contribution < 1.29 is 4.74 Å². The Hall–Kier alpha value is -2.37. The first-order chi connectivity index (χ1) is 10.2. The van der Waals surface area contributed by atoms with Crippen LogP contribution in [0.4, 0.5) is 17.6 Å². The molecule has 110 valence electrons. The van der Waals surface area contributed by atoms with Crippen LogP contribution in [0.3, 0.4) is 0 Å². The largest absolute Gasteiger partial charge is 0.467 e. The van der Waals surface area contributed by atoms with E-state index in [1.165, 1.54) is 5.56 Å². The zero-order chi connectivity index (χ0) is 14.8. The van der Waals surface area contributed by atoms with Crippen molar-refractivity contribution in [2.24, 2.45) is 5.92 Å². The molecule has 1 N–H and O–H groups in total. The SMILES string of the molecule is CNc1nc(OC)nc(N2CC(C)Cc3ccccc32)n1. The topological polar surface area (TPSA) is 63.2 Å². The second-order valence-corrected chi connectivity index (χ2v) is 5.24. The Morgan fingerprint density at radius 2 is 2.05 bits per heavy atom. The predicted molar refractivity (Wildman–Crippen MR) is 82.2 cm³/mol. The molecule has 0 aliphatic carbocycles. The number of fused-ring (bicyclic) bond motifs is 1. The molecule has 1 aliphatic heterocycles. The Kier molecular flexibility index (Phi) is 3.60. The molecule has 0 bridgehead atoms. The van der Waals surface area contributed by atoms with E-state index in [1.54, 1.807) is 14.2 Å². The lowest BCUT2D eigenvalue weighted by atomic mass is 9.94. The summed E-state index contributed by atoms with van der Waals surface area (Å²) in [4.78, 5) is 15.2. The van der Waals surface area contributed by atoms with E-state index in [-0.39, 0.29) is 0 Å². The minimum Gasteiger partial charge on any atom is -0.467 e. The highest BCUT2D eigenvalue weighted by Gasteiger charge is 2.25. The van der Waals surface area contributed by atoms with Crippen molar-refractivity contribution in [1.82, 2.24) is 15.0 Å². The van der Waals surface area contributed by atoms with E-state index in [1.807, 2.05) is 6.07 Å². The second kappa shape index (κ2) is 5.55. The summed E-state index contributed by atoms with van der Waals surface area (Å²) in [5.41, 5.74) is 2.48. The molecule has 0 fully saturated rings. The summed E-state index contributed by atoms with van der Waals surface area (Å²) in [7, 11) is 3.34. The number of hydrogen-bond donors (Lipinski definition) is 1. The highest BCUT2D eigenvalue weighted by molar-refractivity contribution is 5.64. The molecule has 2 heterocycles. The molecule has 0 saturated carbocycles. The monoisotopic (exact) mass is 285 g/mol. The van der Waals surface area contributed by atoms with E-state index in [4.69, 9.17) is 4.74 Å². The number of aromatic nitrogens is 3. The summed E-state index contributed by atoms with van der Waals surface area (Å²) >= 11 is 0. The number of methoxy groups -OCH3 is 1. The van der Waals surface area contributed by atoms with Gasteiger partial charge < -0.3 is 15.0 Å². The summed E-state index contributed by atoms with van der Waals surface area (Å²) in [6.45, 7) is 3.12. The van der Waals surface area contributed by atoms with Crippen LogP contribution < -0.4 is 15.0 Å². The van der Waals surface area contributed by atoms with Gasteiger partial charge in [-0.1, -0.05) is 25.1 Å². The van der Waals surface area contributed by atoms with E-state index >= 15 is 0 Å². The summed E-state index contributed by atoms with van der Waals surface area (Å²) in [6, 6.07) is 8.70. The molecule has 1 aliphatic rings. The molecule has 21 heavy (non-hydrogen) atoms. The van der Waals surface area contributed by atoms with Gasteiger partial charge in [-0.15, -0.1) is 0 Å². The van der Waals surface area contributed by atoms with Crippen molar-refractivity contribution in [3.05, 3.63) is 29.8 Å². The maximum absolute atomic E-state index is 5.17. The molecule has 0 spiro atoms. The molecular weight excluding hydrogens is 266 g/mol. The third kappa shape index (κ3) is 2.61. The lowest BCUT2D eigenvalue weighted by Crippen LogP contribution is -2.32. The van der Waals surface area contributed by atoms with Crippen LogP contribution >= 0.6 is 0 Å². The van der Waals surface area contributed by atoms with Crippen LogP contribution in [0.2, 0.25) is 0 Å². The predicted octanol–water partition coefficient (Wildman–Crippen LogP) is 2.25. The van der Waals surface area contributed by atoms with Crippen LogP contribution in [-0.2, 0) is 6.42 Å². The van der Waals surface area contributed by atoms with Crippen LogP contribution in [0.15, 0.2) is 24.3 Å². The first-order valence-corrected chi connectivity index (χ1v) is 7.04.